The van der Waals surface area contributed by atoms with Crippen molar-refractivity contribution in [1.82, 2.24) is 0 Å². The highest BCUT2D eigenvalue weighted by Gasteiger charge is 2.19. The Bertz CT molecular complexity index is 136. The Balaban J connectivity index is 2.06. The Morgan fingerprint density at radius 3 is 2.64 bits per heavy atom. The molecule has 0 spiro atoms. The Morgan fingerprint density at radius 2 is 2.27 bits per heavy atom. The average Bonchev–Trinajstić information content (AvgIpc) is 1.83. The highest BCUT2D eigenvalue weighted by Crippen LogP contribution is 2.30. The zero-order valence-electron chi connectivity index (χ0n) is 7.05. The van der Waals surface area contributed by atoms with Gasteiger partial charge in [0, 0.05) is 6.42 Å². The van der Waals surface area contributed by atoms with E-state index in [0.29, 0.717) is 6.42 Å². The van der Waals surface area contributed by atoms with Crippen LogP contribution in [0.1, 0.15) is 39.0 Å². The largest absolute Gasteiger partial charge is 0.386 e. The van der Waals surface area contributed by atoms with Crippen LogP contribution in [-0.2, 0) is 4.79 Å². The lowest BCUT2D eigenvalue weighted by Crippen LogP contribution is -2.19. The van der Waals surface area contributed by atoms with Gasteiger partial charge in [-0.25, -0.2) is 0 Å². The van der Waals surface area contributed by atoms with Gasteiger partial charge in [-0.1, -0.05) is 19.3 Å². The molecule has 0 aromatic rings. The average molecular weight is 156 g/mol. The first-order chi connectivity index (χ1) is 5.20. The van der Waals surface area contributed by atoms with E-state index in [4.69, 9.17) is 5.11 Å². The maximum absolute atomic E-state index is 10.9. The molecule has 0 bridgehead atoms. The van der Waals surface area contributed by atoms with E-state index in [2.05, 4.69) is 0 Å². The van der Waals surface area contributed by atoms with Crippen molar-refractivity contribution in [3.8, 4) is 0 Å². The van der Waals surface area contributed by atoms with Crippen molar-refractivity contribution in [3.05, 3.63) is 0 Å². The molecule has 0 radical (unpaired) electrons. The number of Topliss-reactive ketones (excluding diaryl/α,β-unsaturated/α-hetero) is 1. The fourth-order valence-electron chi connectivity index (χ4n) is 1.34. The zero-order valence-corrected chi connectivity index (χ0v) is 7.05. The summed E-state index contributed by atoms with van der Waals surface area (Å²) >= 11 is 0. The van der Waals surface area contributed by atoms with E-state index < -0.39 is 6.10 Å². The summed E-state index contributed by atoms with van der Waals surface area (Å²) in [5.41, 5.74) is 0. The molecule has 1 aliphatic rings. The van der Waals surface area contributed by atoms with Crippen LogP contribution in [0.15, 0.2) is 0 Å². The summed E-state index contributed by atoms with van der Waals surface area (Å²) in [6.45, 7) is 1.54. The van der Waals surface area contributed by atoms with E-state index >= 15 is 0 Å². The quantitative estimate of drug-likeness (QED) is 0.670. The molecule has 1 unspecified atom stereocenters. The molecule has 0 saturated heterocycles. The van der Waals surface area contributed by atoms with E-state index in [1.165, 1.54) is 19.3 Å². The van der Waals surface area contributed by atoms with Crippen LogP contribution in [0.2, 0.25) is 0 Å². The van der Waals surface area contributed by atoms with E-state index in [1.54, 1.807) is 6.92 Å². The SMILES string of the molecule is CC(O)C(=O)CCC1CCC1. The molecule has 1 N–H and O–H groups in total. The smallest absolute Gasteiger partial charge is 0.160 e. The van der Waals surface area contributed by atoms with Crippen molar-refractivity contribution in [2.45, 2.75) is 45.1 Å². The maximum atomic E-state index is 10.9. The summed E-state index contributed by atoms with van der Waals surface area (Å²) in [4.78, 5) is 10.9. The Kier molecular flexibility index (Phi) is 3.06. The number of hydrogen-bond acceptors (Lipinski definition) is 2. The van der Waals surface area contributed by atoms with E-state index in [-0.39, 0.29) is 5.78 Å². The monoisotopic (exact) mass is 156 g/mol. The van der Waals surface area contributed by atoms with Gasteiger partial charge in [-0.3, -0.25) is 4.79 Å². The molecule has 11 heavy (non-hydrogen) atoms. The van der Waals surface area contributed by atoms with Gasteiger partial charge in [0.25, 0.3) is 0 Å². The van der Waals surface area contributed by atoms with Crippen molar-refractivity contribution in [3.63, 3.8) is 0 Å². The van der Waals surface area contributed by atoms with E-state index in [0.717, 1.165) is 12.3 Å². The Morgan fingerprint density at radius 1 is 1.64 bits per heavy atom. The topological polar surface area (TPSA) is 37.3 Å². The second-order valence-corrected chi connectivity index (χ2v) is 3.48. The molecule has 0 aromatic carbocycles. The zero-order chi connectivity index (χ0) is 8.27. The number of carbonyl (C=O) groups is 1. The van der Waals surface area contributed by atoms with Crippen molar-refractivity contribution in [2.24, 2.45) is 5.92 Å². The van der Waals surface area contributed by atoms with Crippen LogP contribution in [0, 0.1) is 5.92 Å². The van der Waals surface area contributed by atoms with Crippen molar-refractivity contribution < 1.29 is 9.90 Å². The van der Waals surface area contributed by atoms with Crippen LogP contribution in [0.3, 0.4) is 0 Å². The molecule has 1 atom stereocenters. The minimum Gasteiger partial charge on any atom is -0.386 e. The molecule has 0 aromatic heterocycles. The van der Waals surface area contributed by atoms with Crippen LogP contribution >= 0.6 is 0 Å². The van der Waals surface area contributed by atoms with Gasteiger partial charge in [-0.15, -0.1) is 0 Å². The van der Waals surface area contributed by atoms with Crippen molar-refractivity contribution >= 4 is 5.78 Å². The van der Waals surface area contributed by atoms with Crippen LogP contribution in [0.4, 0.5) is 0 Å². The number of aliphatic hydroxyl groups excluding tert-OH is 1. The first-order valence-corrected chi connectivity index (χ1v) is 4.41. The summed E-state index contributed by atoms with van der Waals surface area (Å²) < 4.78 is 0. The number of rotatable bonds is 4. The lowest BCUT2D eigenvalue weighted by Gasteiger charge is -2.24. The van der Waals surface area contributed by atoms with Crippen LogP contribution in [0.25, 0.3) is 0 Å². The van der Waals surface area contributed by atoms with Crippen LogP contribution in [-0.4, -0.2) is 17.0 Å². The van der Waals surface area contributed by atoms with Crippen molar-refractivity contribution in [1.29, 1.82) is 0 Å². The first kappa shape index (κ1) is 8.72. The van der Waals surface area contributed by atoms with Gasteiger partial charge in [0.15, 0.2) is 5.78 Å². The van der Waals surface area contributed by atoms with Gasteiger partial charge in [0.1, 0.15) is 6.10 Å². The molecule has 2 nitrogen and oxygen atoms in total. The second kappa shape index (κ2) is 3.86. The van der Waals surface area contributed by atoms with Gasteiger partial charge in [0.05, 0.1) is 0 Å². The summed E-state index contributed by atoms with van der Waals surface area (Å²) in [5, 5.41) is 8.87. The van der Waals surface area contributed by atoms with Gasteiger partial charge < -0.3 is 5.11 Å². The third-order valence-electron chi connectivity index (χ3n) is 2.49. The number of ketones is 1. The fourth-order valence-corrected chi connectivity index (χ4v) is 1.34. The predicted molar refractivity (Wildman–Crippen MR) is 43.3 cm³/mol. The summed E-state index contributed by atoms with van der Waals surface area (Å²) in [6.07, 6.45) is 4.70. The number of hydrogen-bond donors (Lipinski definition) is 1. The normalized spacial score (nSPS) is 20.9. The molecule has 64 valence electrons. The van der Waals surface area contributed by atoms with Gasteiger partial charge in [-0.05, 0) is 19.3 Å². The third-order valence-corrected chi connectivity index (χ3v) is 2.49. The number of aliphatic hydroxyl groups is 1. The molecular weight excluding hydrogens is 140 g/mol. The molecule has 1 fully saturated rings. The Hall–Kier alpha value is -0.370. The third kappa shape index (κ3) is 2.62. The maximum Gasteiger partial charge on any atom is 0.160 e. The fraction of sp³-hybridized carbons (Fsp3) is 0.889. The lowest BCUT2D eigenvalue weighted by atomic mass is 9.81. The predicted octanol–water partition coefficient (Wildman–Crippen LogP) is 1.52. The molecule has 0 heterocycles. The first-order valence-electron chi connectivity index (χ1n) is 4.41. The minimum atomic E-state index is -0.755. The molecule has 2 heteroatoms. The minimum absolute atomic E-state index is 0.00287. The molecule has 1 aliphatic carbocycles. The van der Waals surface area contributed by atoms with E-state index in [9.17, 15) is 4.79 Å². The molecule has 0 amide bonds. The van der Waals surface area contributed by atoms with Crippen LogP contribution < -0.4 is 0 Å². The molecule has 1 saturated carbocycles. The standard InChI is InChI=1S/C9H16O2/c1-7(10)9(11)6-5-8-3-2-4-8/h7-8,10H,2-6H2,1H3. The van der Waals surface area contributed by atoms with Gasteiger partial charge >= 0.3 is 0 Å². The van der Waals surface area contributed by atoms with Gasteiger partial charge in [-0.2, -0.15) is 0 Å². The lowest BCUT2D eigenvalue weighted by molar-refractivity contribution is -0.126. The number of carbonyl (C=O) groups excluding carboxylic acids is 1. The Labute approximate surface area is 67.6 Å². The summed E-state index contributed by atoms with van der Waals surface area (Å²) in [6, 6.07) is 0. The van der Waals surface area contributed by atoms with Crippen molar-refractivity contribution in [2.75, 3.05) is 0 Å². The van der Waals surface area contributed by atoms with Crippen LogP contribution in [0.5, 0.6) is 0 Å². The summed E-state index contributed by atoms with van der Waals surface area (Å²) in [5.74, 6) is 0.773. The molecule has 0 aliphatic heterocycles. The van der Waals surface area contributed by atoms with E-state index in [1.807, 2.05) is 0 Å². The summed E-state index contributed by atoms with van der Waals surface area (Å²) in [7, 11) is 0. The van der Waals surface area contributed by atoms with Gasteiger partial charge in [0.2, 0.25) is 0 Å². The highest BCUT2D eigenvalue weighted by molar-refractivity contribution is 5.82. The molecule has 1 rings (SSSR count). The highest BCUT2D eigenvalue weighted by atomic mass is 16.3. The second-order valence-electron chi connectivity index (χ2n) is 3.48. The molecular formula is C9H16O2.